The quantitative estimate of drug-likeness (QED) is 0.392. The van der Waals surface area contributed by atoms with Crippen molar-refractivity contribution in [1.29, 1.82) is 0 Å². The van der Waals surface area contributed by atoms with Crippen molar-refractivity contribution < 1.29 is 18.3 Å². The van der Waals surface area contributed by atoms with E-state index in [4.69, 9.17) is 4.74 Å². The number of carbonyl (C=O) groups excluding carboxylic acids is 1. The van der Waals surface area contributed by atoms with Crippen molar-refractivity contribution in [2.75, 3.05) is 33.0 Å². The van der Waals surface area contributed by atoms with Crippen molar-refractivity contribution in [3.05, 3.63) is 111 Å². The lowest BCUT2D eigenvalue weighted by molar-refractivity contribution is 0.0938. The highest BCUT2D eigenvalue weighted by molar-refractivity contribution is 5.95. The molecule has 4 heterocycles. The van der Waals surface area contributed by atoms with Gasteiger partial charge >= 0.3 is 0 Å². The summed E-state index contributed by atoms with van der Waals surface area (Å²) in [5, 5.41) is 6.42. The summed E-state index contributed by atoms with van der Waals surface area (Å²) in [5.74, 6) is -0.706. The van der Waals surface area contributed by atoms with Gasteiger partial charge in [-0.2, -0.15) is 0 Å². The average molecular weight is 585 g/mol. The topological polar surface area (TPSA) is 85.2 Å². The smallest absolute Gasteiger partial charge is 0.258 e. The SMILES string of the molecule is C[C@@H](NC(=O)c1cc(C2=CCOC2)c(=O)n(C2(CF)CC2)c1)c1ccc(C(=C2CC3(CNC3)C2)c2ccc(F)cn2)cc1. The second-order valence-corrected chi connectivity index (χ2v) is 12.5. The molecule has 1 atom stereocenters. The third-order valence-corrected chi connectivity index (χ3v) is 9.48. The van der Waals surface area contributed by atoms with E-state index in [0.29, 0.717) is 36.0 Å². The van der Waals surface area contributed by atoms with Gasteiger partial charge in [-0.1, -0.05) is 35.9 Å². The number of hydrogen-bond donors (Lipinski definition) is 2. The normalized spacial score (nSPS) is 20.2. The fourth-order valence-corrected chi connectivity index (χ4v) is 6.56. The molecule has 2 aromatic heterocycles. The Balaban J connectivity index is 1.14. The summed E-state index contributed by atoms with van der Waals surface area (Å²) >= 11 is 0. The minimum atomic E-state index is -0.871. The molecule has 1 spiro atoms. The molecule has 0 radical (unpaired) electrons. The fraction of sp³-hybridized carbons (Fsp3) is 0.382. The average Bonchev–Trinajstić information content (AvgIpc) is 3.58. The molecule has 0 unspecified atom stereocenters. The van der Waals surface area contributed by atoms with Crippen LogP contribution in [0.5, 0.6) is 0 Å². The lowest BCUT2D eigenvalue weighted by Crippen LogP contribution is -2.58. The zero-order chi connectivity index (χ0) is 29.8. The van der Waals surface area contributed by atoms with Crippen LogP contribution in [0, 0.1) is 11.2 Å². The number of rotatable bonds is 8. The van der Waals surface area contributed by atoms with Crippen molar-refractivity contribution in [3.8, 4) is 0 Å². The summed E-state index contributed by atoms with van der Waals surface area (Å²) in [6.45, 7) is 3.99. The van der Waals surface area contributed by atoms with Gasteiger partial charge in [0, 0.05) is 35.8 Å². The Morgan fingerprint density at radius 2 is 1.91 bits per heavy atom. The minimum absolute atomic E-state index is 0.287. The van der Waals surface area contributed by atoms with Gasteiger partial charge in [-0.15, -0.1) is 0 Å². The maximum atomic E-state index is 14.0. The van der Waals surface area contributed by atoms with E-state index < -0.39 is 12.2 Å². The van der Waals surface area contributed by atoms with Gasteiger partial charge in [-0.3, -0.25) is 14.6 Å². The first-order valence-corrected chi connectivity index (χ1v) is 14.9. The Kier molecular flexibility index (Phi) is 6.90. The molecule has 43 heavy (non-hydrogen) atoms. The van der Waals surface area contributed by atoms with Crippen molar-refractivity contribution >= 4 is 17.1 Å². The molecule has 3 aromatic rings. The van der Waals surface area contributed by atoms with E-state index in [-0.39, 0.29) is 29.9 Å². The summed E-state index contributed by atoms with van der Waals surface area (Å²) in [4.78, 5) is 31.2. The third-order valence-electron chi connectivity index (χ3n) is 9.48. The van der Waals surface area contributed by atoms with Crippen molar-refractivity contribution in [2.45, 2.75) is 44.2 Å². The molecule has 9 heteroatoms. The molecule has 7 rings (SSSR count). The zero-order valence-corrected chi connectivity index (χ0v) is 24.1. The van der Waals surface area contributed by atoms with Gasteiger partial charge in [0.05, 0.1) is 42.2 Å². The molecule has 0 bridgehead atoms. The fourth-order valence-electron chi connectivity index (χ4n) is 6.56. The molecule has 2 N–H and O–H groups in total. The molecule has 4 aliphatic rings. The lowest BCUT2D eigenvalue weighted by Gasteiger charge is -2.52. The highest BCUT2D eigenvalue weighted by atomic mass is 19.1. The Hall–Kier alpha value is -3.95. The summed E-state index contributed by atoms with van der Waals surface area (Å²) in [7, 11) is 0. The van der Waals surface area contributed by atoms with Gasteiger partial charge < -0.3 is 19.9 Å². The maximum absolute atomic E-state index is 14.0. The number of halogens is 2. The first-order chi connectivity index (χ1) is 20.8. The number of aromatic nitrogens is 2. The number of amides is 1. The number of ether oxygens (including phenoxy) is 1. The van der Waals surface area contributed by atoms with Crippen LogP contribution in [-0.4, -0.2) is 48.4 Å². The summed E-state index contributed by atoms with van der Waals surface area (Å²) < 4.78 is 34.5. The molecule has 2 aliphatic heterocycles. The van der Waals surface area contributed by atoms with E-state index in [0.717, 1.165) is 53.9 Å². The molecule has 1 saturated heterocycles. The predicted octanol–water partition coefficient (Wildman–Crippen LogP) is 4.93. The van der Waals surface area contributed by atoms with Crippen LogP contribution < -0.4 is 16.2 Å². The molecular weight excluding hydrogens is 550 g/mol. The van der Waals surface area contributed by atoms with E-state index in [2.05, 4.69) is 15.6 Å². The van der Waals surface area contributed by atoms with Crippen LogP contribution in [0.15, 0.2) is 71.3 Å². The van der Waals surface area contributed by atoms with Crippen molar-refractivity contribution in [3.63, 3.8) is 0 Å². The molecule has 2 saturated carbocycles. The van der Waals surface area contributed by atoms with Gasteiger partial charge in [0.2, 0.25) is 0 Å². The van der Waals surface area contributed by atoms with E-state index >= 15 is 0 Å². The number of pyridine rings is 2. The van der Waals surface area contributed by atoms with Crippen molar-refractivity contribution in [2.24, 2.45) is 5.41 Å². The Labute approximate surface area is 248 Å². The number of hydrogen-bond acceptors (Lipinski definition) is 5. The second kappa shape index (κ2) is 10.6. The van der Waals surface area contributed by atoms with E-state index in [9.17, 15) is 18.4 Å². The Morgan fingerprint density at radius 3 is 2.49 bits per heavy atom. The van der Waals surface area contributed by atoms with Crippen molar-refractivity contribution in [1.82, 2.24) is 20.2 Å². The van der Waals surface area contributed by atoms with Gasteiger partial charge in [0.25, 0.3) is 11.5 Å². The number of nitrogens with one attached hydrogen (secondary N) is 2. The first kappa shape index (κ1) is 27.9. The van der Waals surface area contributed by atoms with Gasteiger partial charge in [0.1, 0.15) is 12.5 Å². The van der Waals surface area contributed by atoms with E-state index in [1.54, 1.807) is 12.1 Å². The summed E-state index contributed by atoms with van der Waals surface area (Å²) in [6, 6.07) is 12.5. The van der Waals surface area contributed by atoms with Crippen LogP contribution in [0.25, 0.3) is 11.1 Å². The van der Waals surface area contributed by atoms with Crippen LogP contribution in [0.2, 0.25) is 0 Å². The van der Waals surface area contributed by atoms with Gasteiger partial charge in [0.15, 0.2) is 0 Å². The molecular formula is C34H34F2N4O3. The minimum Gasteiger partial charge on any atom is -0.373 e. The predicted molar refractivity (Wildman–Crippen MR) is 160 cm³/mol. The number of allylic oxidation sites excluding steroid dienone is 1. The van der Waals surface area contributed by atoms with Gasteiger partial charge in [-0.25, -0.2) is 8.78 Å². The summed E-state index contributed by atoms with van der Waals surface area (Å²) in [5.41, 5.74) is 5.62. The first-order valence-electron chi connectivity index (χ1n) is 14.9. The number of alkyl halides is 1. The Morgan fingerprint density at radius 1 is 1.14 bits per heavy atom. The van der Waals surface area contributed by atoms with Crippen LogP contribution in [0.1, 0.15) is 71.4 Å². The highest BCUT2D eigenvalue weighted by Gasteiger charge is 2.47. The second-order valence-electron chi connectivity index (χ2n) is 12.5. The zero-order valence-electron chi connectivity index (χ0n) is 24.1. The van der Waals surface area contributed by atoms with E-state index in [1.165, 1.54) is 28.6 Å². The molecule has 1 aromatic carbocycles. The molecule has 2 aliphatic carbocycles. The summed E-state index contributed by atoms with van der Waals surface area (Å²) in [6.07, 6.45) is 7.71. The molecule has 3 fully saturated rings. The molecule has 1 amide bonds. The third kappa shape index (κ3) is 5.04. The Bertz CT molecular complexity index is 1690. The van der Waals surface area contributed by atoms with Crippen LogP contribution in [0.3, 0.4) is 0 Å². The van der Waals surface area contributed by atoms with Crippen LogP contribution >= 0.6 is 0 Å². The standard InChI is InChI=1S/C34H34F2N4O3/c1-21(39-31(41)25-12-28(24-8-11-43-17-24)32(42)40(16-25)34(18-35)9-10-34)22-2-4-23(5-3-22)30(29-7-6-27(36)15-38-29)26-13-33(14-26)19-37-20-33/h2-8,12,15-16,21,37H,9-11,13-14,17-20H2,1H3,(H,39,41)/t21-/m1/s1. The largest absolute Gasteiger partial charge is 0.373 e. The van der Waals surface area contributed by atoms with Crippen LogP contribution in [0.4, 0.5) is 8.78 Å². The van der Waals surface area contributed by atoms with Crippen LogP contribution in [-0.2, 0) is 10.3 Å². The number of carbonyl (C=O) groups is 1. The molecule has 222 valence electrons. The highest BCUT2D eigenvalue weighted by Crippen LogP contribution is 2.51. The lowest BCUT2D eigenvalue weighted by atomic mass is 9.60. The van der Waals surface area contributed by atoms with E-state index in [1.807, 2.05) is 37.3 Å². The van der Waals surface area contributed by atoms with Gasteiger partial charge in [-0.05, 0) is 67.5 Å². The monoisotopic (exact) mass is 584 g/mol. The molecule has 7 nitrogen and oxygen atoms in total. The number of nitrogens with zero attached hydrogens (tertiary/aromatic N) is 2. The maximum Gasteiger partial charge on any atom is 0.258 e. The number of benzene rings is 1.